The smallest absolute Gasteiger partial charge is 0.293 e. The van der Waals surface area contributed by atoms with Crippen LogP contribution < -0.4 is 4.90 Å². The number of thioether (sulfide) groups is 1. The lowest BCUT2D eigenvalue weighted by atomic mass is 9.88. The van der Waals surface area contributed by atoms with E-state index in [0.717, 1.165) is 28.6 Å². The molecule has 0 atom stereocenters. The van der Waals surface area contributed by atoms with E-state index in [2.05, 4.69) is 31.7 Å². The van der Waals surface area contributed by atoms with Gasteiger partial charge in [0.05, 0.1) is 10.4 Å². The van der Waals surface area contributed by atoms with Gasteiger partial charge in [-0.25, -0.2) is 0 Å². The molecule has 6 heteroatoms. The molecule has 0 saturated carbocycles. The molecule has 0 N–H and O–H groups in total. The van der Waals surface area contributed by atoms with Crippen LogP contribution in [0.1, 0.15) is 45.7 Å². The van der Waals surface area contributed by atoms with Crippen LogP contribution in [0.5, 0.6) is 0 Å². The molecule has 3 rings (SSSR count). The number of amides is 2. The summed E-state index contributed by atoms with van der Waals surface area (Å²) in [5, 5.41) is 0.334. The number of carbonyl (C=O) groups excluding carboxylic acids is 2. The molecule has 2 aliphatic rings. The third-order valence-corrected chi connectivity index (χ3v) is 6.17. The van der Waals surface area contributed by atoms with Crippen molar-refractivity contribution in [3.05, 3.63) is 39.3 Å². The minimum Gasteiger partial charge on any atom is -0.365 e. The van der Waals surface area contributed by atoms with Gasteiger partial charge in [0, 0.05) is 29.4 Å². The zero-order valence-corrected chi connectivity index (χ0v) is 17.5. The van der Waals surface area contributed by atoms with Crippen LogP contribution in [-0.2, 0) is 4.79 Å². The molecule has 1 fully saturated rings. The molecule has 2 aliphatic heterocycles. The van der Waals surface area contributed by atoms with Gasteiger partial charge in [-0.3, -0.25) is 14.5 Å². The van der Waals surface area contributed by atoms with Gasteiger partial charge in [0.2, 0.25) is 0 Å². The van der Waals surface area contributed by atoms with Crippen molar-refractivity contribution in [2.24, 2.45) is 0 Å². The van der Waals surface area contributed by atoms with Gasteiger partial charge in [0.25, 0.3) is 11.1 Å². The predicted octanol–water partition coefficient (Wildman–Crippen LogP) is 5.42. The van der Waals surface area contributed by atoms with Crippen LogP contribution in [0.25, 0.3) is 11.6 Å². The number of benzene rings is 1. The van der Waals surface area contributed by atoms with Crippen LogP contribution in [0.3, 0.4) is 0 Å². The number of rotatable bonds is 2. The summed E-state index contributed by atoms with van der Waals surface area (Å²) in [6.45, 7) is 10.1. The first kappa shape index (κ1) is 19.1. The summed E-state index contributed by atoms with van der Waals surface area (Å²) in [5.41, 5.74) is 3.98. The first-order valence-corrected chi connectivity index (χ1v) is 9.76. The number of fused-ring (bicyclic) bond motifs is 1. The molecule has 0 spiro atoms. The van der Waals surface area contributed by atoms with Crippen LogP contribution in [-0.4, -0.2) is 34.7 Å². The number of halogens is 1. The van der Waals surface area contributed by atoms with Gasteiger partial charge in [-0.15, -0.1) is 0 Å². The Morgan fingerprint density at radius 3 is 2.46 bits per heavy atom. The van der Waals surface area contributed by atoms with Crippen molar-refractivity contribution in [1.82, 2.24) is 4.90 Å². The van der Waals surface area contributed by atoms with Gasteiger partial charge >= 0.3 is 0 Å². The molecule has 138 valence electrons. The molecular formula is C20H23ClN2O2S. The second-order valence-electron chi connectivity index (χ2n) is 7.58. The summed E-state index contributed by atoms with van der Waals surface area (Å²) >= 11 is 7.49. The van der Waals surface area contributed by atoms with Crippen LogP contribution in [0.15, 0.2) is 23.1 Å². The Morgan fingerprint density at radius 1 is 1.23 bits per heavy atom. The maximum Gasteiger partial charge on any atom is 0.293 e. The number of carbonyl (C=O) groups is 2. The molecule has 0 radical (unpaired) electrons. The Labute approximate surface area is 163 Å². The van der Waals surface area contributed by atoms with E-state index >= 15 is 0 Å². The fourth-order valence-corrected chi connectivity index (χ4v) is 4.53. The van der Waals surface area contributed by atoms with Crippen molar-refractivity contribution in [3.8, 4) is 0 Å². The fraction of sp³-hybridized carbons (Fsp3) is 0.400. The molecule has 2 heterocycles. The second-order valence-corrected chi connectivity index (χ2v) is 8.98. The molecular weight excluding hydrogens is 368 g/mol. The molecule has 4 nitrogen and oxygen atoms in total. The summed E-state index contributed by atoms with van der Waals surface area (Å²) in [4.78, 5) is 28.5. The summed E-state index contributed by atoms with van der Waals surface area (Å²) < 4.78 is 0. The average molecular weight is 391 g/mol. The summed E-state index contributed by atoms with van der Waals surface area (Å²) in [7, 11) is 2.05. The molecule has 0 aliphatic carbocycles. The van der Waals surface area contributed by atoms with E-state index in [9.17, 15) is 9.59 Å². The lowest BCUT2D eigenvalue weighted by Gasteiger charge is -2.40. The second kappa shape index (κ2) is 6.46. The molecule has 1 aromatic rings. The Morgan fingerprint density at radius 2 is 1.88 bits per heavy atom. The largest absolute Gasteiger partial charge is 0.365 e. The van der Waals surface area contributed by atoms with Gasteiger partial charge < -0.3 is 4.90 Å². The van der Waals surface area contributed by atoms with E-state index in [1.807, 2.05) is 33.0 Å². The third-order valence-electron chi connectivity index (χ3n) is 4.96. The fourth-order valence-electron chi connectivity index (χ4n) is 3.36. The van der Waals surface area contributed by atoms with Gasteiger partial charge in [-0.05, 0) is 75.7 Å². The number of imide groups is 1. The summed E-state index contributed by atoms with van der Waals surface area (Å²) in [6.07, 6.45) is 3.95. The van der Waals surface area contributed by atoms with Crippen molar-refractivity contribution in [3.63, 3.8) is 0 Å². The highest BCUT2D eigenvalue weighted by Gasteiger charge is 2.37. The third kappa shape index (κ3) is 3.08. The molecule has 1 aromatic carbocycles. The van der Waals surface area contributed by atoms with Crippen LogP contribution in [0.4, 0.5) is 10.5 Å². The molecule has 0 aromatic heterocycles. The number of hydrogen-bond donors (Lipinski definition) is 0. The Bertz CT molecular complexity index is 871. The monoisotopic (exact) mass is 390 g/mol. The first-order valence-electron chi connectivity index (χ1n) is 8.57. The minimum absolute atomic E-state index is 0.0954. The SMILES string of the molecule is CC1=CC(C)(C)N(C)c2cc(Cl)c(/C=C3/SC(=O)N(C(C)C)C3=O)cc21. The standard InChI is InChI=1S/C20H23ClN2O2S/c1-11(2)23-18(24)17(26-19(23)25)8-13-7-14-12(3)10-20(4,5)22(6)16(14)9-15(13)21/h7-11H,1-6H3/b17-8+. The zero-order valence-electron chi connectivity index (χ0n) is 15.9. The van der Waals surface area contributed by atoms with Crippen molar-refractivity contribution in [2.45, 2.75) is 46.2 Å². The molecule has 2 amide bonds. The summed E-state index contributed by atoms with van der Waals surface area (Å²) in [5.74, 6) is -0.255. The Kier molecular flexibility index (Phi) is 4.74. The quantitative estimate of drug-likeness (QED) is 0.632. The number of nitrogens with zero attached hydrogens (tertiary/aromatic N) is 2. The number of allylic oxidation sites excluding steroid dienone is 1. The molecule has 0 bridgehead atoms. The van der Waals surface area contributed by atoms with Crippen molar-refractivity contribution >= 4 is 51.8 Å². The van der Waals surface area contributed by atoms with Gasteiger partial charge in [0.1, 0.15) is 0 Å². The van der Waals surface area contributed by atoms with E-state index in [0.29, 0.717) is 9.93 Å². The van der Waals surface area contributed by atoms with E-state index in [4.69, 9.17) is 11.6 Å². The summed E-state index contributed by atoms with van der Waals surface area (Å²) in [6, 6.07) is 3.78. The van der Waals surface area contributed by atoms with Crippen LogP contribution >= 0.6 is 23.4 Å². The normalized spacial score (nSPS) is 20.9. The van der Waals surface area contributed by atoms with Crippen molar-refractivity contribution < 1.29 is 9.59 Å². The van der Waals surface area contributed by atoms with Crippen LogP contribution in [0, 0.1) is 0 Å². The van der Waals surface area contributed by atoms with Gasteiger partial charge in [-0.2, -0.15) is 0 Å². The zero-order chi connectivity index (χ0) is 19.4. The molecule has 1 saturated heterocycles. The van der Waals surface area contributed by atoms with Crippen LogP contribution in [0.2, 0.25) is 5.02 Å². The highest BCUT2D eigenvalue weighted by molar-refractivity contribution is 8.18. The van der Waals surface area contributed by atoms with E-state index < -0.39 is 0 Å². The molecule has 0 unspecified atom stereocenters. The van der Waals surface area contributed by atoms with Crippen molar-refractivity contribution in [2.75, 3.05) is 11.9 Å². The van der Waals surface area contributed by atoms with Crippen molar-refractivity contribution in [1.29, 1.82) is 0 Å². The number of hydrogen-bond acceptors (Lipinski definition) is 4. The first-order chi connectivity index (χ1) is 12.0. The van der Waals surface area contributed by atoms with E-state index in [1.165, 1.54) is 10.5 Å². The highest BCUT2D eigenvalue weighted by atomic mass is 35.5. The van der Waals surface area contributed by atoms with E-state index in [-0.39, 0.29) is 22.7 Å². The van der Waals surface area contributed by atoms with Gasteiger partial charge in [0.15, 0.2) is 0 Å². The van der Waals surface area contributed by atoms with Gasteiger partial charge in [-0.1, -0.05) is 17.7 Å². The lowest BCUT2D eigenvalue weighted by molar-refractivity contribution is -0.123. The minimum atomic E-state index is -0.255. The average Bonchev–Trinajstić information content (AvgIpc) is 2.80. The topological polar surface area (TPSA) is 40.6 Å². The number of anilines is 1. The Hall–Kier alpha value is -1.72. The lowest BCUT2D eigenvalue weighted by Crippen LogP contribution is -2.42. The molecule has 26 heavy (non-hydrogen) atoms. The highest BCUT2D eigenvalue weighted by Crippen LogP contribution is 2.42. The predicted molar refractivity (Wildman–Crippen MR) is 111 cm³/mol. The maximum absolute atomic E-state index is 12.5. The Balaban J connectivity index is 2.06. The number of likely N-dealkylation sites (N-methyl/N-ethyl adjacent to an activating group) is 1. The van der Waals surface area contributed by atoms with E-state index in [1.54, 1.807) is 6.08 Å². The maximum atomic E-state index is 12.5.